The van der Waals surface area contributed by atoms with Crippen molar-refractivity contribution in [2.24, 2.45) is 0 Å². The van der Waals surface area contributed by atoms with Crippen LogP contribution in [0.5, 0.6) is 0 Å². The van der Waals surface area contributed by atoms with Crippen LogP contribution in [0.15, 0.2) is 170 Å². The number of esters is 2. The predicted molar refractivity (Wildman–Crippen MR) is 191 cm³/mol. The molecule has 0 aliphatic heterocycles. The van der Waals surface area contributed by atoms with E-state index in [1.807, 2.05) is 48.5 Å². The van der Waals surface area contributed by atoms with Gasteiger partial charge >= 0.3 is 11.9 Å². The monoisotopic (exact) mass is 638 g/mol. The summed E-state index contributed by atoms with van der Waals surface area (Å²) < 4.78 is 10.8. The van der Waals surface area contributed by atoms with Crippen LogP contribution >= 0.6 is 15.8 Å². The van der Waals surface area contributed by atoms with Crippen LogP contribution in [0, 0.1) is 0 Å². The molecule has 0 heterocycles. The summed E-state index contributed by atoms with van der Waals surface area (Å²) in [6, 6.07) is 56.8. The molecule has 0 fully saturated rings. The predicted octanol–water partition coefficient (Wildman–Crippen LogP) is 6.22. The molecule has 226 valence electrons. The zero-order valence-corrected chi connectivity index (χ0v) is 26.9. The second kappa shape index (κ2) is 15.4. The molecule has 4 nitrogen and oxygen atoms in total. The van der Waals surface area contributed by atoms with E-state index in [1.54, 1.807) is 24.3 Å². The van der Waals surface area contributed by atoms with Gasteiger partial charge < -0.3 is 9.47 Å². The van der Waals surface area contributed by atoms with Crippen LogP contribution in [0.25, 0.3) is 0 Å². The lowest BCUT2D eigenvalue weighted by Crippen LogP contribution is -2.21. The Morgan fingerprint density at radius 1 is 0.348 bits per heavy atom. The van der Waals surface area contributed by atoms with Crippen LogP contribution in [-0.4, -0.2) is 25.2 Å². The molecule has 0 unspecified atom stereocenters. The molecule has 46 heavy (non-hydrogen) atoms. The van der Waals surface area contributed by atoms with E-state index >= 15 is 0 Å². The molecule has 0 saturated carbocycles. The molecule has 6 aromatic carbocycles. The summed E-state index contributed by atoms with van der Waals surface area (Å²) in [7, 11) is -1.52. The fraction of sp³-hybridized carbons (Fsp3) is 0.0500. The van der Waals surface area contributed by atoms with Gasteiger partial charge in [-0.15, -0.1) is 0 Å². The van der Waals surface area contributed by atoms with Crippen molar-refractivity contribution < 1.29 is 19.1 Å². The fourth-order valence-corrected chi connectivity index (χ4v) is 9.70. The SMILES string of the molecule is O=C(OCCOC(=O)c1ccc(P(c2ccccc2)c2ccccc2)cc1)c1ccc(P(c2ccccc2)c2ccccc2)cc1. The number of hydrogen-bond acceptors (Lipinski definition) is 4. The van der Waals surface area contributed by atoms with Gasteiger partial charge in [0, 0.05) is 0 Å². The van der Waals surface area contributed by atoms with Crippen molar-refractivity contribution >= 4 is 59.6 Å². The van der Waals surface area contributed by atoms with Gasteiger partial charge in [0.1, 0.15) is 13.2 Å². The lowest BCUT2D eigenvalue weighted by Gasteiger charge is -2.19. The van der Waals surface area contributed by atoms with Crippen molar-refractivity contribution in [1.29, 1.82) is 0 Å². The highest BCUT2D eigenvalue weighted by molar-refractivity contribution is 7.80. The fourth-order valence-electron chi connectivity index (χ4n) is 5.13. The van der Waals surface area contributed by atoms with Crippen LogP contribution in [0.2, 0.25) is 0 Å². The molecule has 6 rings (SSSR count). The Labute approximate surface area is 272 Å². The Hall–Kier alpha value is -4.88. The van der Waals surface area contributed by atoms with E-state index in [2.05, 4.69) is 97.1 Å². The normalized spacial score (nSPS) is 10.9. The molecular formula is C40H32O4P2. The maximum absolute atomic E-state index is 12.8. The number of rotatable bonds is 11. The van der Waals surface area contributed by atoms with E-state index in [4.69, 9.17) is 9.47 Å². The lowest BCUT2D eigenvalue weighted by atomic mass is 10.2. The summed E-state index contributed by atoms with van der Waals surface area (Å²) in [4.78, 5) is 25.5. The van der Waals surface area contributed by atoms with E-state index in [-0.39, 0.29) is 13.2 Å². The van der Waals surface area contributed by atoms with E-state index < -0.39 is 27.8 Å². The molecule has 0 bridgehead atoms. The van der Waals surface area contributed by atoms with Gasteiger partial charge in [-0.25, -0.2) is 9.59 Å². The van der Waals surface area contributed by atoms with Crippen molar-refractivity contribution in [2.75, 3.05) is 13.2 Å². The molecule has 0 radical (unpaired) electrons. The van der Waals surface area contributed by atoms with Gasteiger partial charge in [-0.3, -0.25) is 0 Å². The molecule has 0 aliphatic rings. The van der Waals surface area contributed by atoms with Gasteiger partial charge in [0.05, 0.1) is 11.1 Å². The summed E-state index contributed by atoms with van der Waals surface area (Å²) in [5, 5.41) is 7.24. The maximum atomic E-state index is 12.8. The topological polar surface area (TPSA) is 52.6 Å². The zero-order chi connectivity index (χ0) is 31.6. The smallest absolute Gasteiger partial charge is 0.338 e. The summed E-state index contributed by atoms with van der Waals surface area (Å²) >= 11 is 0. The third-order valence-electron chi connectivity index (χ3n) is 7.33. The Balaban J connectivity index is 1.04. The second-order valence-electron chi connectivity index (χ2n) is 10.4. The van der Waals surface area contributed by atoms with E-state index in [9.17, 15) is 9.59 Å². The Morgan fingerprint density at radius 2 is 0.587 bits per heavy atom. The molecule has 6 aromatic rings. The minimum atomic E-state index is -0.759. The molecule has 0 aliphatic carbocycles. The number of benzene rings is 6. The van der Waals surface area contributed by atoms with Crippen LogP contribution in [-0.2, 0) is 9.47 Å². The quantitative estimate of drug-likeness (QED) is 0.0962. The highest BCUT2D eigenvalue weighted by Crippen LogP contribution is 2.33. The van der Waals surface area contributed by atoms with Crippen molar-refractivity contribution in [3.05, 3.63) is 181 Å². The zero-order valence-electron chi connectivity index (χ0n) is 25.1. The summed E-state index contributed by atoms with van der Waals surface area (Å²) in [6.45, 7) is -0.0586. The average molecular weight is 639 g/mol. The minimum Gasteiger partial charge on any atom is -0.458 e. The molecule has 0 amide bonds. The molecule has 6 heteroatoms. The van der Waals surface area contributed by atoms with Crippen LogP contribution in [0.4, 0.5) is 0 Å². The van der Waals surface area contributed by atoms with E-state index in [0.29, 0.717) is 11.1 Å². The van der Waals surface area contributed by atoms with Crippen molar-refractivity contribution in [2.45, 2.75) is 0 Å². The Morgan fingerprint density at radius 3 is 0.848 bits per heavy atom. The van der Waals surface area contributed by atoms with Crippen molar-refractivity contribution in [3.63, 3.8) is 0 Å². The molecule has 0 aromatic heterocycles. The molecule has 0 saturated heterocycles. The molecule has 0 atom stereocenters. The maximum Gasteiger partial charge on any atom is 0.338 e. The summed E-state index contributed by atoms with van der Waals surface area (Å²) in [5.41, 5.74) is 0.908. The van der Waals surface area contributed by atoms with Gasteiger partial charge in [-0.1, -0.05) is 146 Å². The third kappa shape index (κ3) is 7.66. The number of carbonyl (C=O) groups is 2. The van der Waals surface area contributed by atoms with Gasteiger partial charge in [-0.2, -0.15) is 0 Å². The lowest BCUT2D eigenvalue weighted by molar-refractivity contribution is 0.0265. The van der Waals surface area contributed by atoms with Crippen LogP contribution in [0.3, 0.4) is 0 Å². The average Bonchev–Trinajstić information content (AvgIpc) is 3.13. The number of ether oxygens (including phenoxy) is 2. The molecule has 0 N–H and O–H groups in total. The number of hydrogen-bond donors (Lipinski definition) is 0. The Bertz CT molecular complexity index is 1630. The first-order valence-corrected chi connectivity index (χ1v) is 17.7. The minimum absolute atomic E-state index is 0.0293. The van der Waals surface area contributed by atoms with Crippen LogP contribution in [0.1, 0.15) is 20.7 Å². The van der Waals surface area contributed by atoms with Gasteiger partial charge in [-0.05, 0) is 71.9 Å². The Kier molecular flexibility index (Phi) is 10.4. The summed E-state index contributed by atoms with van der Waals surface area (Å²) in [6.07, 6.45) is 0. The standard InChI is InChI=1S/C40H32O4P2/c41-39(31-21-25-37(26-22-31)45(33-13-5-1-6-14-33)34-15-7-2-8-16-34)43-29-30-44-40(42)32-23-27-38(28-24-32)46(35-17-9-3-10-18-35)36-19-11-4-12-20-36/h1-28H,29-30H2. The second-order valence-corrected chi connectivity index (χ2v) is 14.8. The largest absolute Gasteiger partial charge is 0.458 e. The molecular weight excluding hydrogens is 606 g/mol. The first-order chi connectivity index (χ1) is 22.7. The van der Waals surface area contributed by atoms with Crippen LogP contribution < -0.4 is 31.8 Å². The number of carbonyl (C=O) groups excluding carboxylic acids is 2. The van der Waals surface area contributed by atoms with Gasteiger partial charge in [0.2, 0.25) is 0 Å². The van der Waals surface area contributed by atoms with Gasteiger partial charge in [0.15, 0.2) is 0 Å². The van der Waals surface area contributed by atoms with E-state index in [0.717, 1.165) is 10.6 Å². The first-order valence-electron chi connectivity index (χ1n) is 15.0. The van der Waals surface area contributed by atoms with Crippen molar-refractivity contribution in [1.82, 2.24) is 0 Å². The highest BCUT2D eigenvalue weighted by Gasteiger charge is 2.19. The first kappa shape index (κ1) is 31.1. The summed E-state index contributed by atoms with van der Waals surface area (Å²) in [5.74, 6) is -0.906. The van der Waals surface area contributed by atoms with E-state index in [1.165, 1.54) is 21.2 Å². The highest BCUT2D eigenvalue weighted by atomic mass is 31.1. The molecule has 0 spiro atoms. The third-order valence-corrected chi connectivity index (χ3v) is 12.2. The van der Waals surface area contributed by atoms with Crippen molar-refractivity contribution in [3.8, 4) is 0 Å². The van der Waals surface area contributed by atoms with Gasteiger partial charge in [0.25, 0.3) is 0 Å².